The van der Waals surface area contributed by atoms with Crippen LogP contribution < -0.4 is 15.0 Å². The van der Waals surface area contributed by atoms with Crippen molar-refractivity contribution in [3.05, 3.63) is 18.2 Å². The zero-order valence-corrected chi connectivity index (χ0v) is 15.0. The number of hydrogen-bond donors (Lipinski definition) is 1. The maximum atomic E-state index is 12.3. The first kappa shape index (κ1) is 18.3. The minimum Gasteiger partial charge on any atom is -0.482 e. The fraction of sp³-hybridized carbons (Fsp3) is 0.556. The number of carbonyl (C=O) groups is 2. The first-order chi connectivity index (χ1) is 11.5. The molecule has 1 aliphatic heterocycles. The minimum absolute atomic E-state index is 0.00348. The van der Waals surface area contributed by atoms with E-state index in [-0.39, 0.29) is 24.3 Å². The molecule has 132 valence electrons. The van der Waals surface area contributed by atoms with Gasteiger partial charge in [-0.2, -0.15) is 0 Å². The Hall–Kier alpha value is -2.08. The van der Waals surface area contributed by atoms with Crippen LogP contribution in [0.2, 0.25) is 0 Å². The maximum Gasteiger partial charge on any atom is 0.265 e. The van der Waals surface area contributed by atoms with Crippen LogP contribution in [0, 0.1) is 5.92 Å². The lowest BCUT2D eigenvalue weighted by Gasteiger charge is -2.30. The molecule has 0 bridgehead atoms. The fourth-order valence-corrected chi connectivity index (χ4v) is 2.73. The van der Waals surface area contributed by atoms with E-state index in [9.17, 15) is 9.59 Å². The molecule has 6 heteroatoms. The quantitative estimate of drug-likeness (QED) is 0.832. The summed E-state index contributed by atoms with van der Waals surface area (Å²) in [6, 6.07) is 5.45. The van der Waals surface area contributed by atoms with Crippen LogP contribution in [0.15, 0.2) is 18.2 Å². The van der Waals surface area contributed by atoms with Crippen LogP contribution in [-0.2, 0) is 9.59 Å². The Morgan fingerprint density at radius 3 is 2.67 bits per heavy atom. The van der Waals surface area contributed by atoms with E-state index in [1.165, 1.54) is 0 Å². The molecule has 2 rings (SSSR count). The van der Waals surface area contributed by atoms with Crippen molar-refractivity contribution >= 4 is 23.2 Å². The molecule has 6 nitrogen and oxygen atoms in total. The van der Waals surface area contributed by atoms with E-state index in [2.05, 4.69) is 5.32 Å². The van der Waals surface area contributed by atoms with Crippen molar-refractivity contribution < 1.29 is 14.3 Å². The number of nitrogens with one attached hydrogen (secondary N) is 1. The Labute approximate surface area is 143 Å². The van der Waals surface area contributed by atoms with Crippen LogP contribution in [0.25, 0.3) is 0 Å². The molecule has 24 heavy (non-hydrogen) atoms. The molecule has 2 amide bonds. The molecule has 0 radical (unpaired) electrons. The van der Waals surface area contributed by atoms with Gasteiger partial charge in [0, 0.05) is 24.7 Å². The third-order valence-corrected chi connectivity index (χ3v) is 4.30. The molecule has 0 aliphatic carbocycles. The summed E-state index contributed by atoms with van der Waals surface area (Å²) in [5, 5.41) is 2.95. The van der Waals surface area contributed by atoms with Crippen LogP contribution in [0.5, 0.6) is 5.75 Å². The highest BCUT2D eigenvalue weighted by Crippen LogP contribution is 2.34. The second kappa shape index (κ2) is 8.15. The topological polar surface area (TPSA) is 61.9 Å². The van der Waals surface area contributed by atoms with Crippen molar-refractivity contribution in [2.45, 2.75) is 26.7 Å². The minimum atomic E-state index is -0.0622. The molecule has 1 aliphatic rings. The number of ether oxygens (including phenoxy) is 1. The average Bonchev–Trinajstić information content (AvgIpc) is 2.54. The van der Waals surface area contributed by atoms with Crippen molar-refractivity contribution in [3.63, 3.8) is 0 Å². The molecular weight excluding hydrogens is 306 g/mol. The molecule has 1 aromatic rings. The number of amides is 2. The number of fused-ring (bicyclic) bond motifs is 1. The van der Waals surface area contributed by atoms with Crippen molar-refractivity contribution in [2.75, 3.05) is 44.0 Å². The summed E-state index contributed by atoms with van der Waals surface area (Å²) in [5.41, 5.74) is 1.41. The molecule has 0 aromatic heterocycles. The molecule has 1 aromatic carbocycles. The van der Waals surface area contributed by atoms with Crippen molar-refractivity contribution in [2.24, 2.45) is 5.92 Å². The zero-order chi connectivity index (χ0) is 17.7. The molecule has 0 saturated carbocycles. The summed E-state index contributed by atoms with van der Waals surface area (Å²) < 4.78 is 5.51. The number of anilines is 2. The zero-order valence-electron chi connectivity index (χ0n) is 15.0. The van der Waals surface area contributed by atoms with Gasteiger partial charge in [0.2, 0.25) is 5.91 Å². The first-order valence-electron chi connectivity index (χ1n) is 8.49. The van der Waals surface area contributed by atoms with Gasteiger partial charge in [0.05, 0.1) is 5.69 Å². The molecule has 1 N–H and O–H groups in total. The Kier molecular flexibility index (Phi) is 6.20. The molecule has 1 heterocycles. The van der Waals surface area contributed by atoms with Gasteiger partial charge in [-0.15, -0.1) is 0 Å². The Morgan fingerprint density at radius 2 is 2.04 bits per heavy atom. The van der Waals surface area contributed by atoms with Gasteiger partial charge >= 0.3 is 0 Å². The van der Waals surface area contributed by atoms with Crippen molar-refractivity contribution in [1.82, 2.24) is 4.90 Å². The molecule has 0 atom stereocenters. The second-order valence-electron chi connectivity index (χ2n) is 6.32. The summed E-state index contributed by atoms with van der Waals surface area (Å²) in [5.74, 6) is 0.633. The molecular formula is C18H27N3O3. The number of hydrogen-bond acceptors (Lipinski definition) is 4. The third-order valence-electron chi connectivity index (χ3n) is 4.30. The summed E-state index contributed by atoms with van der Waals surface area (Å²) in [7, 11) is 3.94. The van der Waals surface area contributed by atoms with E-state index in [0.29, 0.717) is 18.0 Å². The molecule has 0 saturated heterocycles. The molecule has 0 fully saturated rings. The molecule has 0 unspecified atom stereocenters. The summed E-state index contributed by atoms with van der Waals surface area (Å²) in [4.78, 5) is 28.2. The SMILES string of the molecule is CCC(CC)C(=O)Nc1ccc2c(c1)N(CCN(C)C)C(=O)CO2. The van der Waals surface area contributed by atoms with Gasteiger partial charge in [-0.05, 0) is 45.1 Å². The fourth-order valence-electron chi connectivity index (χ4n) is 2.73. The van der Waals surface area contributed by atoms with Gasteiger partial charge in [-0.1, -0.05) is 13.8 Å². The number of rotatable bonds is 7. The van der Waals surface area contributed by atoms with Crippen LogP contribution in [-0.4, -0.2) is 50.5 Å². The van der Waals surface area contributed by atoms with E-state index in [1.54, 1.807) is 4.90 Å². The van der Waals surface area contributed by atoms with Gasteiger partial charge < -0.3 is 19.9 Å². The van der Waals surface area contributed by atoms with E-state index in [0.717, 1.165) is 25.1 Å². The van der Waals surface area contributed by atoms with E-state index >= 15 is 0 Å². The lowest BCUT2D eigenvalue weighted by molar-refractivity contribution is -0.121. The standard InChI is InChI=1S/C18H27N3O3/c1-5-13(6-2)18(23)19-14-7-8-16-15(11-14)21(10-9-20(3)4)17(22)12-24-16/h7-8,11,13H,5-6,9-10,12H2,1-4H3,(H,19,23). The smallest absolute Gasteiger partial charge is 0.265 e. The van der Waals surface area contributed by atoms with Crippen LogP contribution in [0.3, 0.4) is 0 Å². The number of carbonyl (C=O) groups excluding carboxylic acids is 2. The summed E-state index contributed by atoms with van der Waals surface area (Å²) >= 11 is 0. The van der Waals surface area contributed by atoms with Gasteiger partial charge in [0.25, 0.3) is 5.91 Å². The number of likely N-dealkylation sites (N-methyl/N-ethyl adjacent to an activating group) is 1. The highest BCUT2D eigenvalue weighted by Gasteiger charge is 2.26. The Bertz CT molecular complexity index is 597. The van der Waals surface area contributed by atoms with Crippen LogP contribution in [0.4, 0.5) is 11.4 Å². The van der Waals surface area contributed by atoms with Gasteiger partial charge in [0.15, 0.2) is 6.61 Å². The number of nitrogens with zero attached hydrogens (tertiary/aromatic N) is 2. The molecule has 0 spiro atoms. The Morgan fingerprint density at radius 1 is 1.33 bits per heavy atom. The second-order valence-corrected chi connectivity index (χ2v) is 6.32. The summed E-state index contributed by atoms with van der Waals surface area (Å²) in [6.07, 6.45) is 1.62. The predicted molar refractivity (Wildman–Crippen MR) is 95.5 cm³/mol. The van der Waals surface area contributed by atoms with E-state index in [4.69, 9.17) is 4.74 Å². The highest BCUT2D eigenvalue weighted by atomic mass is 16.5. The number of benzene rings is 1. The van der Waals surface area contributed by atoms with Crippen LogP contribution >= 0.6 is 0 Å². The van der Waals surface area contributed by atoms with Crippen molar-refractivity contribution in [3.8, 4) is 5.75 Å². The van der Waals surface area contributed by atoms with Gasteiger partial charge in [-0.3, -0.25) is 9.59 Å². The average molecular weight is 333 g/mol. The largest absolute Gasteiger partial charge is 0.482 e. The van der Waals surface area contributed by atoms with E-state index in [1.807, 2.05) is 51.0 Å². The maximum absolute atomic E-state index is 12.3. The highest BCUT2D eigenvalue weighted by molar-refractivity contribution is 5.99. The van der Waals surface area contributed by atoms with Crippen LogP contribution in [0.1, 0.15) is 26.7 Å². The summed E-state index contributed by atoms with van der Waals surface area (Å²) in [6.45, 7) is 5.42. The van der Waals surface area contributed by atoms with Gasteiger partial charge in [0.1, 0.15) is 5.75 Å². The van der Waals surface area contributed by atoms with Crippen molar-refractivity contribution in [1.29, 1.82) is 0 Å². The monoisotopic (exact) mass is 333 g/mol. The normalized spacial score (nSPS) is 13.9. The predicted octanol–water partition coefficient (Wildman–Crippen LogP) is 2.35. The van der Waals surface area contributed by atoms with E-state index < -0.39 is 0 Å². The first-order valence-corrected chi connectivity index (χ1v) is 8.49. The Balaban J connectivity index is 2.20. The lowest BCUT2D eigenvalue weighted by atomic mass is 10.0. The lowest BCUT2D eigenvalue weighted by Crippen LogP contribution is -2.42. The van der Waals surface area contributed by atoms with Gasteiger partial charge in [-0.25, -0.2) is 0 Å². The third kappa shape index (κ3) is 4.26.